The Kier molecular flexibility index (Phi) is 4.57. The van der Waals surface area contributed by atoms with Crippen LogP contribution < -0.4 is 5.32 Å². The van der Waals surface area contributed by atoms with Gasteiger partial charge in [0.25, 0.3) is 0 Å². The van der Waals surface area contributed by atoms with Gasteiger partial charge in [0, 0.05) is 46.1 Å². The van der Waals surface area contributed by atoms with Crippen LogP contribution in [0.15, 0.2) is 77.9 Å². The fourth-order valence-corrected chi connectivity index (χ4v) is 5.15. The molecule has 0 saturated carbocycles. The maximum atomic E-state index is 14.9. The zero-order valence-corrected chi connectivity index (χ0v) is 19.5. The average Bonchev–Trinajstić information content (AvgIpc) is 3.42. The van der Waals surface area contributed by atoms with Crippen molar-refractivity contribution in [3.8, 4) is 0 Å². The van der Waals surface area contributed by atoms with E-state index < -0.39 is 0 Å². The Morgan fingerprint density at radius 2 is 1.78 bits per heavy atom. The molecule has 2 N–H and O–H groups in total. The quantitative estimate of drug-likeness (QED) is 0.337. The van der Waals surface area contributed by atoms with E-state index >= 15 is 0 Å². The molecule has 6 nitrogen and oxygen atoms in total. The Hall–Kier alpha value is -4.65. The molecule has 0 atom stereocenters. The highest BCUT2D eigenvalue weighted by molar-refractivity contribution is 6.38. The molecule has 2 aliphatic rings. The van der Waals surface area contributed by atoms with Crippen LogP contribution in [0.1, 0.15) is 33.6 Å². The molecule has 0 spiro atoms. The van der Waals surface area contributed by atoms with Crippen LogP contribution in [-0.4, -0.2) is 25.9 Å². The van der Waals surface area contributed by atoms with Crippen LogP contribution in [0.25, 0.3) is 22.0 Å². The second-order valence-corrected chi connectivity index (χ2v) is 9.11. The van der Waals surface area contributed by atoms with Crippen LogP contribution in [0.5, 0.6) is 0 Å². The van der Waals surface area contributed by atoms with Gasteiger partial charge in [0.1, 0.15) is 5.82 Å². The summed E-state index contributed by atoms with van der Waals surface area (Å²) in [6.07, 6.45) is 2.53. The number of aromatic nitrogens is 4. The largest absolute Gasteiger partial charge is 0.324 e. The summed E-state index contributed by atoms with van der Waals surface area (Å²) < 4.78 is 14.9. The van der Waals surface area contributed by atoms with E-state index in [9.17, 15) is 4.39 Å². The number of aliphatic imine (C=N–C) groups is 1. The number of H-pyrrole nitrogens is 1. The number of nitrogens with one attached hydrogen (secondary N) is 2. The molecular weight excluding hydrogens is 451 g/mol. The molecule has 36 heavy (non-hydrogen) atoms. The highest BCUT2D eigenvalue weighted by atomic mass is 19.1. The van der Waals surface area contributed by atoms with Gasteiger partial charge in [0.15, 0.2) is 0 Å². The van der Waals surface area contributed by atoms with Crippen molar-refractivity contribution in [2.45, 2.75) is 19.9 Å². The van der Waals surface area contributed by atoms with Gasteiger partial charge >= 0.3 is 0 Å². The fraction of sp³-hybridized carbons (Fsp3) is 0.103. The fourth-order valence-electron chi connectivity index (χ4n) is 5.15. The number of aryl methyl sites for hydroxylation is 1. The molecule has 0 radical (unpaired) electrons. The normalized spacial score (nSPS) is 14.2. The summed E-state index contributed by atoms with van der Waals surface area (Å²) in [6.45, 7) is 2.38. The smallest absolute Gasteiger partial charge is 0.227 e. The summed E-state index contributed by atoms with van der Waals surface area (Å²) >= 11 is 0. The van der Waals surface area contributed by atoms with Crippen LogP contribution in [0.3, 0.4) is 0 Å². The first-order valence-electron chi connectivity index (χ1n) is 11.8. The van der Waals surface area contributed by atoms with Gasteiger partial charge in [-0.25, -0.2) is 14.4 Å². The van der Waals surface area contributed by atoms with Gasteiger partial charge in [-0.05, 0) is 54.0 Å². The summed E-state index contributed by atoms with van der Waals surface area (Å²) in [7, 11) is 0. The van der Waals surface area contributed by atoms with Gasteiger partial charge in [-0.1, -0.05) is 36.4 Å². The van der Waals surface area contributed by atoms with Crippen molar-refractivity contribution in [2.75, 3.05) is 5.32 Å². The molecule has 0 fully saturated rings. The minimum atomic E-state index is -0.282. The molecular formula is C29H21FN6. The van der Waals surface area contributed by atoms with Crippen LogP contribution in [0.2, 0.25) is 0 Å². The third-order valence-corrected chi connectivity index (χ3v) is 6.88. The van der Waals surface area contributed by atoms with Crippen molar-refractivity contribution in [3.63, 3.8) is 0 Å². The third kappa shape index (κ3) is 3.24. The van der Waals surface area contributed by atoms with Gasteiger partial charge in [0.05, 0.1) is 23.5 Å². The number of nitrogens with zero attached hydrogens (tertiary/aromatic N) is 4. The zero-order valence-electron chi connectivity index (χ0n) is 19.5. The highest BCUT2D eigenvalue weighted by Gasteiger charge is 2.31. The predicted octanol–water partition coefficient (Wildman–Crippen LogP) is 6.01. The molecule has 7 rings (SSSR count). The summed E-state index contributed by atoms with van der Waals surface area (Å²) in [5.74, 6) is 0.216. The SMILES string of the molecule is Cc1[nH]nc2cc(Nc3ncc4c(n3)C3=C(C(c5ccccc5F)=NC4)c4ccccc4C3)ccc12. The van der Waals surface area contributed by atoms with Crippen molar-refractivity contribution in [3.05, 3.63) is 112 Å². The number of benzene rings is 3. The highest BCUT2D eigenvalue weighted by Crippen LogP contribution is 2.43. The molecule has 5 aromatic rings. The van der Waals surface area contributed by atoms with Crippen molar-refractivity contribution in [2.24, 2.45) is 4.99 Å². The number of hydrogen-bond acceptors (Lipinski definition) is 5. The second kappa shape index (κ2) is 7.95. The topological polar surface area (TPSA) is 78.9 Å². The van der Waals surface area contributed by atoms with E-state index in [2.05, 4.69) is 32.6 Å². The van der Waals surface area contributed by atoms with Crippen molar-refractivity contribution in [1.29, 1.82) is 0 Å². The standard InChI is InChI=1S/C29H21FN6/c1-16-20-11-10-19(13-25(20)36-35-16)33-29-32-15-18-14-31-28(22-8-4-5-9-24(22)30)26-21-7-3-2-6-17(21)12-23(26)27(18)34-29/h2-11,13,15H,12,14H2,1H3,(H,35,36)(H,32,33,34). The molecule has 3 aromatic carbocycles. The average molecular weight is 473 g/mol. The number of fused-ring (bicyclic) bond motifs is 5. The number of halogens is 1. The number of allylic oxidation sites excluding steroid dienone is 2. The van der Waals surface area contributed by atoms with E-state index in [1.807, 2.05) is 49.5 Å². The predicted molar refractivity (Wildman–Crippen MR) is 140 cm³/mol. The number of aromatic amines is 1. The van der Waals surface area contributed by atoms with E-state index in [-0.39, 0.29) is 5.82 Å². The first-order chi connectivity index (χ1) is 17.7. The van der Waals surface area contributed by atoms with Crippen LogP contribution in [0, 0.1) is 12.7 Å². The first kappa shape index (κ1) is 20.7. The number of hydrogen-bond donors (Lipinski definition) is 2. The van der Waals surface area contributed by atoms with Gasteiger partial charge in [0.2, 0.25) is 5.95 Å². The molecule has 0 unspecified atom stereocenters. The van der Waals surface area contributed by atoms with E-state index in [0.29, 0.717) is 30.2 Å². The molecule has 2 aromatic heterocycles. The molecule has 0 amide bonds. The summed E-state index contributed by atoms with van der Waals surface area (Å²) in [4.78, 5) is 14.4. The minimum absolute atomic E-state index is 0.282. The lowest BCUT2D eigenvalue weighted by Crippen LogP contribution is -2.07. The minimum Gasteiger partial charge on any atom is -0.324 e. The lowest BCUT2D eigenvalue weighted by atomic mass is 9.94. The summed E-state index contributed by atoms with van der Waals surface area (Å²) in [5.41, 5.74) is 9.98. The first-order valence-corrected chi connectivity index (χ1v) is 11.8. The van der Waals surface area contributed by atoms with E-state index in [0.717, 1.165) is 50.3 Å². The summed E-state index contributed by atoms with van der Waals surface area (Å²) in [6, 6.07) is 21.1. The lowest BCUT2D eigenvalue weighted by molar-refractivity contribution is 0.625. The van der Waals surface area contributed by atoms with E-state index in [1.165, 1.54) is 11.6 Å². The Labute approximate surface area is 206 Å². The monoisotopic (exact) mass is 472 g/mol. The molecule has 0 saturated heterocycles. The molecule has 174 valence electrons. The van der Waals surface area contributed by atoms with Gasteiger partial charge < -0.3 is 5.32 Å². The number of anilines is 2. The Bertz CT molecular complexity index is 1750. The molecule has 3 heterocycles. The lowest BCUT2D eigenvalue weighted by Gasteiger charge is -2.12. The second-order valence-electron chi connectivity index (χ2n) is 9.11. The molecule has 1 aliphatic carbocycles. The van der Waals surface area contributed by atoms with Crippen molar-refractivity contribution >= 4 is 39.4 Å². The Morgan fingerprint density at radius 3 is 2.67 bits per heavy atom. The van der Waals surface area contributed by atoms with Crippen LogP contribution in [-0.2, 0) is 13.0 Å². The van der Waals surface area contributed by atoms with Gasteiger partial charge in [-0.3, -0.25) is 10.1 Å². The van der Waals surface area contributed by atoms with E-state index in [4.69, 9.17) is 9.98 Å². The zero-order chi connectivity index (χ0) is 24.2. The van der Waals surface area contributed by atoms with Crippen molar-refractivity contribution < 1.29 is 4.39 Å². The van der Waals surface area contributed by atoms with Crippen LogP contribution >= 0.6 is 0 Å². The maximum absolute atomic E-state index is 14.9. The molecule has 1 aliphatic heterocycles. The Morgan fingerprint density at radius 1 is 0.944 bits per heavy atom. The molecule has 7 heteroatoms. The van der Waals surface area contributed by atoms with Gasteiger partial charge in [-0.15, -0.1) is 0 Å². The van der Waals surface area contributed by atoms with Crippen molar-refractivity contribution in [1.82, 2.24) is 20.2 Å². The third-order valence-electron chi connectivity index (χ3n) is 6.88. The van der Waals surface area contributed by atoms with Crippen LogP contribution in [0.4, 0.5) is 16.0 Å². The van der Waals surface area contributed by atoms with Gasteiger partial charge in [-0.2, -0.15) is 5.10 Å². The number of rotatable bonds is 3. The molecule has 0 bridgehead atoms. The van der Waals surface area contributed by atoms with E-state index in [1.54, 1.807) is 12.1 Å². The maximum Gasteiger partial charge on any atom is 0.227 e. The Balaban J connectivity index is 1.35. The summed E-state index contributed by atoms with van der Waals surface area (Å²) in [5, 5.41) is 11.8.